The second-order valence-corrected chi connectivity index (χ2v) is 8.86. The topological polar surface area (TPSA) is 58.4 Å². The van der Waals surface area contributed by atoms with Crippen molar-refractivity contribution in [3.8, 4) is 11.8 Å². The quantitative estimate of drug-likeness (QED) is 0.372. The number of halogens is 5. The number of hydrogen-bond acceptors (Lipinski definition) is 4. The fourth-order valence-corrected chi connectivity index (χ4v) is 4.35. The first-order valence-corrected chi connectivity index (χ1v) is 12.0. The maximum absolute atomic E-state index is 13.7. The Bertz CT molecular complexity index is 1430. The van der Waals surface area contributed by atoms with Crippen molar-refractivity contribution < 1.29 is 18.0 Å². The van der Waals surface area contributed by atoms with Gasteiger partial charge in [0.05, 0.1) is 29.9 Å². The molecular weight excluding hydrogens is 540 g/mol. The summed E-state index contributed by atoms with van der Waals surface area (Å²) in [5, 5.41) is 0.519. The van der Waals surface area contributed by atoms with Gasteiger partial charge >= 0.3 is 6.18 Å². The number of rotatable bonds is 5. The van der Waals surface area contributed by atoms with Gasteiger partial charge in [0.2, 0.25) is 5.95 Å². The lowest BCUT2D eigenvalue weighted by Gasteiger charge is -2.31. The third-order valence-electron chi connectivity index (χ3n) is 6.15. The smallest absolute Gasteiger partial charge is 0.334 e. The van der Waals surface area contributed by atoms with E-state index in [1.807, 2.05) is 6.92 Å². The first kappa shape index (κ1) is 29.1. The maximum atomic E-state index is 13.7. The Hall–Kier alpha value is -3.48. The van der Waals surface area contributed by atoms with Gasteiger partial charge in [0.1, 0.15) is 0 Å². The van der Waals surface area contributed by atoms with E-state index < -0.39 is 11.7 Å². The van der Waals surface area contributed by atoms with Crippen molar-refractivity contribution in [2.24, 2.45) is 0 Å². The zero-order chi connectivity index (χ0) is 26.7. The number of alkyl halides is 3. The second-order valence-electron chi connectivity index (χ2n) is 8.43. The molecule has 2 aromatic carbocycles. The third kappa shape index (κ3) is 5.98. The van der Waals surface area contributed by atoms with Crippen molar-refractivity contribution >= 4 is 41.6 Å². The van der Waals surface area contributed by atoms with E-state index in [4.69, 9.17) is 16.6 Å². The van der Waals surface area contributed by atoms with Crippen LogP contribution >= 0.6 is 24.0 Å². The molecule has 0 aliphatic carbocycles. The van der Waals surface area contributed by atoms with Crippen LogP contribution in [0.15, 0.2) is 53.3 Å². The van der Waals surface area contributed by atoms with Crippen molar-refractivity contribution in [1.29, 1.82) is 0 Å². The van der Waals surface area contributed by atoms with E-state index in [1.54, 1.807) is 41.0 Å². The van der Waals surface area contributed by atoms with Gasteiger partial charge in [-0.1, -0.05) is 17.5 Å². The van der Waals surface area contributed by atoms with E-state index >= 15 is 0 Å². The highest BCUT2D eigenvalue weighted by molar-refractivity contribution is 6.30. The van der Waals surface area contributed by atoms with Crippen LogP contribution in [-0.4, -0.2) is 33.4 Å². The summed E-state index contributed by atoms with van der Waals surface area (Å²) in [7, 11) is 0. The van der Waals surface area contributed by atoms with Crippen LogP contribution in [0.1, 0.15) is 41.0 Å². The van der Waals surface area contributed by atoms with Gasteiger partial charge in [0.25, 0.3) is 11.5 Å². The molecule has 0 atom stereocenters. The molecule has 200 valence electrons. The van der Waals surface area contributed by atoms with Crippen molar-refractivity contribution in [2.75, 3.05) is 18.0 Å². The van der Waals surface area contributed by atoms with Crippen LogP contribution in [0.4, 0.5) is 24.8 Å². The molecule has 0 spiro atoms. The van der Waals surface area contributed by atoms with E-state index in [2.05, 4.69) is 11.8 Å². The molecule has 6 nitrogen and oxygen atoms in total. The predicted octanol–water partition coefficient (Wildman–Crippen LogP) is 5.72. The predicted molar refractivity (Wildman–Crippen MR) is 143 cm³/mol. The molecule has 1 amide bonds. The Morgan fingerprint density at radius 2 is 1.79 bits per heavy atom. The summed E-state index contributed by atoms with van der Waals surface area (Å²) in [6.07, 6.45) is -4.09. The molecule has 2 heterocycles. The highest BCUT2D eigenvalue weighted by Crippen LogP contribution is 2.32. The summed E-state index contributed by atoms with van der Waals surface area (Å²) in [6.45, 7) is 4.34. The van der Waals surface area contributed by atoms with Crippen LogP contribution < -0.4 is 10.5 Å². The van der Waals surface area contributed by atoms with Crippen LogP contribution in [0, 0.1) is 11.8 Å². The number of fused-ring (bicyclic) bond motifs is 1. The molecule has 38 heavy (non-hydrogen) atoms. The molecule has 0 saturated heterocycles. The molecule has 0 unspecified atom stereocenters. The van der Waals surface area contributed by atoms with Gasteiger partial charge in [-0.05, 0) is 62.4 Å². The Labute approximate surface area is 229 Å². The molecule has 11 heteroatoms. The fraction of sp³-hybridized carbons (Fsp3) is 0.296. The monoisotopic (exact) mass is 564 g/mol. The third-order valence-corrected chi connectivity index (χ3v) is 6.40. The van der Waals surface area contributed by atoms with E-state index in [-0.39, 0.29) is 37.0 Å². The lowest BCUT2D eigenvalue weighted by atomic mass is 10.1. The zero-order valence-corrected chi connectivity index (χ0v) is 22.3. The zero-order valence-electron chi connectivity index (χ0n) is 20.7. The van der Waals surface area contributed by atoms with Crippen molar-refractivity contribution in [2.45, 2.75) is 39.5 Å². The van der Waals surface area contributed by atoms with Crippen LogP contribution in [0.3, 0.4) is 0 Å². The summed E-state index contributed by atoms with van der Waals surface area (Å²) in [5.41, 5.74) is 0.807. The minimum absolute atomic E-state index is 0. The summed E-state index contributed by atoms with van der Waals surface area (Å²) < 4.78 is 40.6. The van der Waals surface area contributed by atoms with Crippen LogP contribution in [0.25, 0.3) is 0 Å². The minimum Gasteiger partial charge on any atom is -0.334 e. The highest BCUT2D eigenvalue weighted by Gasteiger charge is 2.31. The second kappa shape index (κ2) is 11.9. The van der Waals surface area contributed by atoms with E-state index in [1.165, 1.54) is 16.7 Å². The van der Waals surface area contributed by atoms with Crippen molar-refractivity contribution in [3.63, 3.8) is 0 Å². The summed E-state index contributed by atoms with van der Waals surface area (Å²) in [5.74, 6) is 5.73. The maximum Gasteiger partial charge on any atom is 0.416 e. The number of hydrogen-bond donors (Lipinski definition) is 0. The molecule has 0 bridgehead atoms. The Balaban J connectivity index is 0.00000400. The van der Waals surface area contributed by atoms with Crippen molar-refractivity contribution in [3.05, 3.63) is 86.3 Å². The Morgan fingerprint density at radius 1 is 1.13 bits per heavy atom. The van der Waals surface area contributed by atoms with E-state index in [9.17, 15) is 22.8 Å². The molecular formula is C27H25Cl2F3N4O2. The molecule has 1 aliphatic heterocycles. The van der Waals surface area contributed by atoms with Gasteiger partial charge in [0.15, 0.2) is 0 Å². The number of carbonyl (C=O) groups excluding carboxylic acids is 1. The Kier molecular flexibility index (Phi) is 9.13. The molecule has 3 aromatic rings. The van der Waals surface area contributed by atoms with E-state index in [0.29, 0.717) is 53.0 Å². The minimum atomic E-state index is -4.45. The van der Waals surface area contributed by atoms with Gasteiger partial charge < -0.3 is 9.80 Å². The lowest BCUT2D eigenvalue weighted by Crippen LogP contribution is -2.42. The fourth-order valence-electron chi connectivity index (χ4n) is 4.23. The molecule has 1 aliphatic rings. The average molecular weight is 565 g/mol. The summed E-state index contributed by atoms with van der Waals surface area (Å²) in [4.78, 5) is 34.7. The van der Waals surface area contributed by atoms with Gasteiger partial charge in [-0.25, -0.2) is 4.98 Å². The Morgan fingerprint density at radius 3 is 2.37 bits per heavy atom. The normalized spacial score (nSPS) is 12.6. The van der Waals surface area contributed by atoms with Gasteiger partial charge in [0, 0.05) is 35.8 Å². The molecule has 4 rings (SSSR count). The lowest BCUT2D eigenvalue weighted by molar-refractivity contribution is -0.137. The number of aromatic nitrogens is 2. The average Bonchev–Trinajstić information content (AvgIpc) is 2.88. The first-order chi connectivity index (χ1) is 17.6. The first-order valence-electron chi connectivity index (χ1n) is 11.7. The molecule has 0 fully saturated rings. The molecule has 0 radical (unpaired) electrons. The standard InChI is InChI=1S/C27H24ClF3N4O2.ClH/c1-3-5-15-35-25(37)22-17-33(24(36)18-6-10-20(28)11-7-18)16-14-23(22)32-26(35)34(4-2)21-12-8-19(9-13-21)27(29,30)31;/h6-13H,4,14-17H2,1-2H3;1H. The highest BCUT2D eigenvalue weighted by atomic mass is 35.5. The van der Waals surface area contributed by atoms with Crippen LogP contribution in [0.2, 0.25) is 5.02 Å². The molecule has 0 N–H and O–H groups in total. The molecule has 1 aromatic heterocycles. The van der Waals surface area contributed by atoms with Crippen LogP contribution in [-0.2, 0) is 25.7 Å². The number of nitrogens with zero attached hydrogens (tertiary/aromatic N) is 4. The summed E-state index contributed by atoms with van der Waals surface area (Å²) in [6, 6.07) is 11.3. The largest absolute Gasteiger partial charge is 0.416 e. The number of carbonyl (C=O) groups is 1. The van der Waals surface area contributed by atoms with E-state index in [0.717, 1.165) is 12.1 Å². The SMILES string of the molecule is CC#CCn1c(N(CC)c2ccc(C(F)(F)F)cc2)nc2c(c1=O)CN(C(=O)c1ccc(Cl)cc1)CC2.Cl. The molecule has 0 saturated carbocycles. The van der Waals surface area contributed by atoms with Gasteiger partial charge in [-0.2, -0.15) is 13.2 Å². The summed E-state index contributed by atoms with van der Waals surface area (Å²) >= 11 is 5.93. The van der Waals surface area contributed by atoms with Crippen molar-refractivity contribution in [1.82, 2.24) is 14.5 Å². The van der Waals surface area contributed by atoms with Gasteiger partial charge in [-0.3, -0.25) is 14.2 Å². The van der Waals surface area contributed by atoms with Crippen LogP contribution in [0.5, 0.6) is 0 Å². The number of anilines is 2. The van der Waals surface area contributed by atoms with Gasteiger partial charge in [-0.15, -0.1) is 18.3 Å². The number of amides is 1. The number of benzene rings is 2.